The van der Waals surface area contributed by atoms with Crippen LogP contribution in [0.15, 0.2) is 0 Å². The molecule has 0 bridgehead atoms. The summed E-state index contributed by atoms with van der Waals surface area (Å²) in [5.74, 6) is 1.05. The maximum atomic E-state index is 6.23. The van der Waals surface area contributed by atoms with Crippen molar-refractivity contribution in [1.29, 1.82) is 0 Å². The van der Waals surface area contributed by atoms with Crippen molar-refractivity contribution in [2.24, 2.45) is 7.05 Å². The second-order valence-electron chi connectivity index (χ2n) is 4.77. The lowest BCUT2D eigenvalue weighted by molar-refractivity contribution is 0.617. The molecule has 3 rings (SSSR count). The number of nitrogens with zero attached hydrogens (tertiary/aromatic N) is 5. The van der Waals surface area contributed by atoms with Gasteiger partial charge >= 0.3 is 0 Å². The first kappa shape index (κ1) is 11.5. The van der Waals surface area contributed by atoms with Crippen LogP contribution in [0.25, 0.3) is 0 Å². The third kappa shape index (κ3) is 1.77. The smallest absolute Gasteiger partial charge is 0.169 e. The highest BCUT2D eigenvalue weighted by molar-refractivity contribution is 6.30. The Morgan fingerprint density at radius 2 is 2.17 bits per heavy atom. The fourth-order valence-electron chi connectivity index (χ4n) is 2.23. The average Bonchev–Trinajstić information content (AvgIpc) is 3.05. The highest BCUT2D eigenvalue weighted by Crippen LogP contribution is 2.42. The molecule has 0 amide bonds. The third-order valence-corrected chi connectivity index (χ3v) is 3.82. The summed E-state index contributed by atoms with van der Waals surface area (Å²) in [5, 5.41) is 13.0. The monoisotopic (exact) mass is 266 g/mol. The normalized spacial score (nSPS) is 15.3. The van der Waals surface area contributed by atoms with E-state index in [0.717, 1.165) is 29.8 Å². The van der Waals surface area contributed by atoms with Crippen LogP contribution >= 0.6 is 11.6 Å². The Hall–Kier alpha value is -1.56. The molecule has 1 fully saturated rings. The van der Waals surface area contributed by atoms with Crippen molar-refractivity contribution in [3.63, 3.8) is 0 Å². The molecular formula is C11H15ClN6. The SMILES string of the molecule is Cc1nn(C)c(Cl)c1Cn1nnc(N)c1C1CC1. The van der Waals surface area contributed by atoms with Gasteiger partial charge in [0.25, 0.3) is 0 Å². The fourth-order valence-corrected chi connectivity index (χ4v) is 2.46. The van der Waals surface area contributed by atoms with Crippen molar-refractivity contribution >= 4 is 17.4 Å². The van der Waals surface area contributed by atoms with E-state index >= 15 is 0 Å². The van der Waals surface area contributed by atoms with Crippen LogP contribution in [0.2, 0.25) is 5.15 Å². The van der Waals surface area contributed by atoms with Gasteiger partial charge < -0.3 is 5.73 Å². The Labute approximate surface area is 110 Å². The molecule has 2 aromatic rings. The first-order valence-electron chi connectivity index (χ1n) is 5.94. The largest absolute Gasteiger partial charge is 0.381 e. The number of hydrogen-bond donors (Lipinski definition) is 1. The van der Waals surface area contributed by atoms with Crippen molar-refractivity contribution in [1.82, 2.24) is 24.8 Å². The van der Waals surface area contributed by atoms with Gasteiger partial charge in [-0.3, -0.25) is 4.68 Å². The first-order chi connectivity index (χ1) is 8.58. The predicted molar refractivity (Wildman–Crippen MR) is 68.5 cm³/mol. The number of nitrogen functional groups attached to an aromatic ring is 1. The summed E-state index contributed by atoms with van der Waals surface area (Å²) in [5.41, 5.74) is 8.80. The van der Waals surface area contributed by atoms with E-state index in [9.17, 15) is 0 Å². The van der Waals surface area contributed by atoms with Crippen LogP contribution in [-0.4, -0.2) is 24.8 Å². The van der Waals surface area contributed by atoms with E-state index in [1.54, 1.807) is 4.68 Å². The van der Waals surface area contributed by atoms with E-state index in [0.29, 0.717) is 23.4 Å². The second-order valence-corrected chi connectivity index (χ2v) is 5.13. The molecule has 0 atom stereocenters. The number of anilines is 1. The molecule has 18 heavy (non-hydrogen) atoms. The van der Waals surface area contributed by atoms with Crippen molar-refractivity contribution in [3.05, 3.63) is 22.1 Å². The molecule has 96 valence electrons. The summed E-state index contributed by atoms with van der Waals surface area (Å²) >= 11 is 6.23. The first-order valence-corrected chi connectivity index (χ1v) is 6.32. The van der Waals surface area contributed by atoms with Gasteiger partial charge in [-0.2, -0.15) is 5.10 Å². The zero-order valence-electron chi connectivity index (χ0n) is 10.4. The highest BCUT2D eigenvalue weighted by atomic mass is 35.5. The minimum Gasteiger partial charge on any atom is -0.381 e. The predicted octanol–water partition coefficient (Wildman–Crippen LogP) is 1.48. The van der Waals surface area contributed by atoms with Gasteiger partial charge in [-0.1, -0.05) is 16.8 Å². The van der Waals surface area contributed by atoms with Gasteiger partial charge in [0.15, 0.2) is 5.82 Å². The Bertz CT molecular complexity index is 595. The average molecular weight is 267 g/mol. The Balaban J connectivity index is 1.97. The third-order valence-electron chi connectivity index (χ3n) is 3.34. The lowest BCUT2D eigenvalue weighted by atomic mass is 10.2. The molecular weight excluding hydrogens is 252 g/mol. The van der Waals surface area contributed by atoms with Crippen LogP contribution < -0.4 is 5.73 Å². The molecule has 0 spiro atoms. The molecule has 1 aliphatic carbocycles. The maximum absolute atomic E-state index is 6.23. The second kappa shape index (κ2) is 3.98. The van der Waals surface area contributed by atoms with Gasteiger partial charge in [0.2, 0.25) is 0 Å². The van der Waals surface area contributed by atoms with E-state index in [1.807, 2.05) is 18.7 Å². The lowest BCUT2D eigenvalue weighted by Crippen LogP contribution is -2.07. The molecule has 0 aromatic carbocycles. The van der Waals surface area contributed by atoms with E-state index in [4.69, 9.17) is 17.3 Å². The van der Waals surface area contributed by atoms with Crippen LogP contribution in [0.1, 0.15) is 35.7 Å². The summed E-state index contributed by atoms with van der Waals surface area (Å²) in [4.78, 5) is 0. The van der Waals surface area contributed by atoms with Crippen LogP contribution in [0.5, 0.6) is 0 Å². The summed E-state index contributed by atoms with van der Waals surface area (Å²) < 4.78 is 3.52. The zero-order valence-corrected chi connectivity index (χ0v) is 11.1. The number of halogens is 1. The zero-order chi connectivity index (χ0) is 12.9. The van der Waals surface area contributed by atoms with E-state index < -0.39 is 0 Å². The molecule has 2 heterocycles. The summed E-state index contributed by atoms with van der Waals surface area (Å²) in [6.45, 7) is 2.52. The summed E-state index contributed by atoms with van der Waals surface area (Å²) in [6.07, 6.45) is 2.33. The maximum Gasteiger partial charge on any atom is 0.169 e. The van der Waals surface area contributed by atoms with Crippen molar-refractivity contribution < 1.29 is 0 Å². The standard InChI is InChI=1S/C11H15ClN6/c1-6-8(10(12)17(2)15-6)5-18-9(7-3-4-7)11(13)14-16-18/h7H,3-5,13H2,1-2H3. The van der Waals surface area contributed by atoms with Crippen LogP contribution in [0, 0.1) is 6.92 Å². The van der Waals surface area contributed by atoms with Crippen LogP contribution in [-0.2, 0) is 13.6 Å². The van der Waals surface area contributed by atoms with Crippen LogP contribution in [0.3, 0.4) is 0 Å². The van der Waals surface area contributed by atoms with Gasteiger partial charge in [-0.05, 0) is 19.8 Å². The van der Waals surface area contributed by atoms with Gasteiger partial charge in [0, 0.05) is 18.5 Å². The van der Waals surface area contributed by atoms with E-state index in [-0.39, 0.29) is 0 Å². The van der Waals surface area contributed by atoms with Crippen molar-refractivity contribution in [2.75, 3.05) is 5.73 Å². The number of nitrogens with two attached hydrogens (primary N) is 1. The summed E-state index contributed by atoms with van der Waals surface area (Å²) in [6, 6.07) is 0. The number of aryl methyl sites for hydroxylation is 2. The minimum absolute atomic E-state index is 0.510. The molecule has 2 N–H and O–H groups in total. The number of hydrogen-bond acceptors (Lipinski definition) is 4. The van der Waals surface area contributed by atoms with E-state index in [1.165, 1.54) is 0 Å². The molecule has 0 saturated heterocycles. The van der Waals surface area contributed by atoms with Crippen LogP contribution in [0.4, 0.5) is 5.82 Å². The Morgan fingerprint density at radius 3 is 2.72 bits per heavy atom. The number of rotatable bonds is 3. The molecule has 6 nitrogen and oxygen atoms in total. The molecule has 7 heteroatoms. The van der Waals surface area contributed by atoms with E-state index in [2.05, 4.69) is 15.4 Å². The molecule has 0 unspecified atom stereocenters. The molecule has 0 radical (unpaired) electrons. The quantitative estimate of drug-likeness (QED) is 0.913. The molecule has 2 aromatic heterocycles. The molecule has 1 saturated carbocycles. The van der Waals surface area contributed by atoms with Gasteiger partial charge in [-0.15, -0.1) is 5.10 Å². The molecule has 1 aliphatic rings. The number of aromatic nitrogens is 5. The van der Waals surface area contributed by atoms with Gasteiger partial charge in [0.05, 0.1) is 17.9 Å². The summed E-state index contributed by atoms with van der Waals surface area (Å²) in [7, 11) is 1.83. The lowest BCUT2D eigenvalue weighted by Gasteiger charge is -2.05. The molecule has 0 aliphatic heterocycles. The van der Waals surface area contributed by atoms with Gasteiger partial charge in [0.1, 0.15) is 5.15 Å². The van der Waals surface area contributed by atoms with Crippen molar-refractivity contribution in [3.8, 4) is 0 Å². The Kier molecular flexibility index (Phi) is 2.55. The Morgan fingerprint density at radius 1 is 1.44 bits per heavy atom. The fraction of sp³-hybridized carbons (Fsp3) is 0.545. The van der Waals surface area contributed by atoms with Gasteiger partial charge in [-0.25, -0.2) is 4.68 Å². The minimum atomic E-state index is 0.510. The van der Waals surface area contributed by atoms with Crippen molar-refractivity contribution in [2.45, 2.75) is 32.2 Å². The highest BCUT2D eigenvalue weighted by Gasteiger charge is 2.31. The topological polar surface area (TPSA) is 74.5 Å².